The van der Waals surface area contributed by atoms with Gasteiger partial charge in [0, 0.05) is 0 Å². The Hall–Kier alpha value is -2.26. The number of hydrogen-bond acceptors (Lipinski definition) is 1. The molecule has 0 saturated heterocycles. The lowest BCUT2D eigenvalue weighted by molar-refractivity contribution is -0.248. The van der Waals surface area contributed by atoms with Gasteiger partial charge in [0.25, 0.3) is 0 Å². The lowest BCUT2D eigenvalue weighted by atomic mass is 9.77. The van der Waals surface area contributed by atoms with Crippen molar-refractivity contribution in [2.24, 2.45) is 5.92 Å². The molecule has 1 fully saturated rings. The number of rotatable bonds is 12. The molecule has 34 heavy (non-hydrogen) atoms. The fourth-order valence-corrected chi connectivity index (χ4v) is 4.90. The van der Waals surface area contributed by atoms with Crippen LogP contribution >= 0.6 is 0 Å². The molecule has 184 valence electrons. The average Bonchev–Trinajstić information content (AvgIpc) is 2.86. The molecule has 1 nitrogen and oxygen atoms in total. The number of aryl methyl sites for hydroxylation is 1. The first-order valence-electron chi connectivity index (χ1n) is 12.9. The van der Waals surface area contributed by atoms with E-state index in [1.54, 1.807) is 12.1 Å². The van der Waals surface area contributed by atoms with E-state index in [0.29, 0.717) is 12.3 Å². The maximum Gasteiger partial charge on any atom is 0.383 e. The second-order valence-corrected chi connectivity index (χ2v) is 9.53. The van der Waals surface area contributed by atoms with Gasteiger partial charge in [0.15, 0.2) is 0 Å². The molecular weight excluding hydrogens is 426 g/mol. The van der Waals surface area contributed by atoms with Crippen LogP contribution in [0.3, 0.4) is 0 Å². The summed E-state index contributed by atoms with van der Waals surface area (Å²) >= 11 is 0. The van der Waals surface area contributed by atoms with Crippen molar-refractivity contribution in [2.45, 2.75) is 83.7 Å². The van der Waals surface area contributed by atoms with E-state index in [1.165, 1.54) is 30.4 Å². The molecule has 1 aliphatic rings. The van der Waals surface area contributed by atoms with Crippen molar-refractivity contribution >= 4 is 0 Å². The maximum atomic E-state index is 14.6. The molecule has 1 aliphatic carbocycles. The minimum Gasteiger partial charge on any atom is -0.316 e. The van der Waals surface area contributed by atoms with Crippen LogP contribution in [0.5, 0.6) is 0 Å². The van der Waals surface area contributed by atoms with Crippen LogP contribution in [0.15, 0.2) is 72.8 Å². The molecule has 0 N–H and O–H groups in total. The summed E-state index contributed by atoms with van der Waals surface area (Å²) < 4.78 is 34.3. The fourth-order valence-electron chi connectivity index (χ4n) is 4.90. The molecule has 2 aromatic rings. The first-order chi connectivity index (χ1) is 16.5. The Kier molecular flexibility index (Phi) is 10.5. The highest BCUT2D eigenvalue weighted by Gasteiger charge is 2.33. The van der Waals surface area contributed by atoms with E-state index in [0.717, 1.165) is 43.6 Å². The number of allylic oxidation sites excluding steroid dienone is 4. The summed E-state index contributed by atoms with van der Waals surface area (Å²) in [4.78, 5) is 0. The molecule has 3 heteroatoms. The zero-order valence-electron chi connectivity index (χ0n) is 20.8. The average molecular weight is 467 g/mol. The van der Waals surface area contributed by atoms with Crippen molar-refractivity contribution in [3.8, 4) is 0 Å². The lowest BCUT2D eigenvalue weighted by Gasteiger charge is -2.29. The first kappa shape index (κ1) is 26.3. The van der Waals surface area contributed by atoms with Crippen molar-refractivity contribution in [3.63, 3.8) is 0 Å². The molecule has 0 aromatic heterocycles. The van der Waals surface area contributed by atoms with Gasteiger partial charge in [-0.15, -0.1) is 0 Å². The van der Waals surface area contributed by atoms with Crippen LogP contribution in [0.1, 0.15) is 87.0 Å². The van der Waals surface area contributed by atoms with E-state index in [-0.39, 0.29) is 12.2 Å². The summed E-state index contributed by atoms with van der Waals surface area (Å²) in [7, 11) is 0. The van der Waals surface area contributed by atoms with E-state index in [9.17, 15) is 8.78 Å². The van der Waals surface area contributed by atoms with E-state index in [2.05, 4.69) is 43.4 Å². The van der Waals surface area contributed by atoms with Crippen molar-refractivity contribution in [1.82, 2.24) is 0 Å². The van der Waals surface area contributed by atoms with Gasteiger partial charge in [0.05, 0.1) is 12.2 Å². The van der Waals surface area contributed by atoms with E-state index in [4.69, 9.17) is 4.74 Å². The van der Waals surface area contributed by atoms with Crippen molar-refractivity contribution < 1.29 is 13.5 Å². The summed E-state index contributed by atoms with van der Waals surface area (Å²) in [6.07, 6.45) is 15.0. The zero-order chi connectivity index (χ0) is 24.2. The van der Waals surface area contributed by atoms with Crippen molar-refractivity contribution in [2.75, 3.05) is 6.61 Å². The fraction of sp³-hybridized carbons (Fsp3) is 0.484. The summed E-state index contributed by atoms with van der Waals surface area (Å²) in [6, 6.07) is 15.0. The van der Waals surface area contributed by atoms with Gasteiger partial charge in [-0.1, -0.05) is 72.8 Å². The predicted molar refractivity (Wildman–Crippen MR) is 138 cm³/mol. The van der Waals surface area contributed by atoms with Gasteiger partial charge >= 0.3 is 6.11 Å². The molecule has 1 saturated carbocycles. The van der Waals surface area contributed by atoms with Crippen LogP contribution in [0.2, 0.25) is 0 Å². The molecule has 0 atom stereocenters. The maximum absolute atomic E-state index is 14.6. The topological polar surface area (TPSA) is 9.23 Å². The molecule has 0 bridgehead atoms. The van der Waals surface area contributed by atoms with Gasteiger partial charge in [-0.25, -0.2) is 0 Å². The first-order valence-corrected chi connectivity index (χ1v) is 12.9. The van der Waals surface area contributed by atoms with Gasteiger partial charge < -0.3 is 4.74 Å². The predicted octanol–water partition coefficient (Wildman–Crippen LogP) is 9.13. The van der Waals surface area contributed by atoms with Crippen LogP contribution < -0.4 is 0 Å². The highest BCUT2D eigenvalue weighted by atomic mass is 19.3. The third-order valence-corrected chi connectivity index (χ3v) is 7.07. The minimum absolute atomic E-state index is 0.0100. The van der Waals surface area contributed by atoms with Gasteiger partial charge in [0.1, 0.15) is 0 Å². The molecule has 0 amide bonds. The number of alkyl halides is 2. The van der Waals surface area contributed by atoms with Crippen LogP contribution in [-0.4, -0.2) is 6.61 Å². The number of benzene rings is 2. The largest absolute Gasteiger partial charge is 0.383 e. The Morgan fingerprint density at radius 1 is 0.794 bits per heavy atom. The van der Waals surface area contributed by atoms with Gasteiger partial charge in [-0.05, 0) is 100 Å². The summed E-state index contributed by atoms with van der Waals surface area (Å²) in [5.74, 6) is 1.29. The third kappa shape index (κ3) is 8.20. The zero-order valence-corrected chi connectivity index (χ0v) is 20.8. The lowest BCUT2D eigenvalue weighted by Crippen LogP contribution is -2.20. The Morgan fingerprint density at radius 3 is 2.00 bits per heavy atom. The van der Waals surface area contributed by atoms with Crippen LogP contribution in [0.25, 0.3) is 0 Å². The molecule has 0 aliphatic heterocycles. The van der Waals surface area contributed by atoms with Crippen LogP contribution in [0.4, 0.5) is 8.78 Å². The summed E-state index contributed by atoms with van der Waals surface area (Å²) in [5.41, 5.74) is 3.40. The molecular formula is C31H40F2O. The second-order valence-electron chi connectivity index (χ2n) is 9.53. The van der Waals surface area contributed by atoms with Crippen LogP contribution in [0, 0.1) is 5.92 Å². The number of ether oxygens (including phenoxy) is 1. The molecule has 0 heterocycles. The van der Waals surface area contributed by atoms with Gasteiger partial charge in [0.2, 0.25) is 0 Å². The Morgan fingerprint density at radius 2 is 1.38 bits per heavy atom. The monoisotopic (exact) mass is 466 g/mol. The molecule has 0 unspecified atom stereocenters. The quantitative estimate of drug-likeness (QED) is 0.283. The normalized spacial score (nSPS) is 19.3. The highest BCUT2D eigenvalue weighted by molar-refractivity contribution is 5.28. The van der Waals surface area contributed by atoms with Gasteiger partial charge in [-0.3, -0.25) is 0 Å². The summed E-state index contributed by atoms with van der Waals surface area (Å²) in [6.45, 7) is 4.08. The summed E-state index contributed by atoms with van der Waals surface area (Å²) in [5, 5.41) is 0. The van der Waals surface area contributed by atoms with E-state index < -0.39 is 6.11 Å². The Bertz CT molecular complexity index is 888. The Balaban J connectivity index is 1.44. The van der Waals surface area contributed by atoms with Crippen molar-refractivity contribution in [1.29, 1.82) is 0 Å². The minimum atomic E-state index is -3.27. The molecule has 0 spiro atoms. The number of halogens is 2. The SMILES string of the molecule is C/C=C/CCc1ccc(CCOC(F)(F)c2ccc(C3CCC(CC/C=C/C)CC3)cc2)cc1. The third-order valence-electron chi connectivity index (χ3n) is 7.07. The molecule has 0 radical (unpaired) electrons. The van der Waals surface area contributed by atoms with Gasteiger partial charge in [-0.2, -0.15) is 8.78 Å². The second kappa shape index (κ2) is 13.6. The highest BCUT2D eigenvalue weighted by Crippen LogP contribution is 2.38. The van der Waals surface area contributed by atoms with Crippen molar-refractivity contribution in [3.05, 3.63) is 95.1 Å². The van der Waals surface area contributed by atoms with E-state index >= 15 is 0 Å². The Labute approximate surface area is 204 Å². The number of hydrogen-bond donors (Lipinski definition) is 0. The molecule has 3 rings (SSSR count). The standard InChI is InChI=1S/C31H40F2O/c1-3-5-7-9-25-11-13-27(14-12-25)23-24-34-31(32,33)30-21-19-29(20-22-30)28-17-15-26(16-18-28)10-8-6-4-2/h3-6,11-14,19-22,26,28H,7-10,15-18,23-24H2,1-2H3/b5-3+,6-4+. The van der Waals surface area contributed by atoms with E-state index in [1.807, 2.05) is 31.2 Å². The molecule has 2 aromatic carbocycles. The van der Waals surface area contributed by atoms with Crippen LogP contribution in [-0.2, 0) is 23.7 Å². The smallest absolute Gasteiger partial charge is 0.316 e.